The predicted molar refractivity (Wildman–Crippen MR) is 66.3 cm³/mol. The summed E-state index contributed by atoms with van der Waals surface area (Å²) in [6.07, 6.45) is 0. The van der Waals surface area contributed by atoms with Crippen LogP contribution in [0.4, 0.5) is 4.39 Å². The third-order valence-electron chi connectivity index (χ3n) is 2.31. The molecule has 0 bridgehead atoms. The van der Waals surface area contributed by atoms with Gasteiger partial charge in [-0.2, -0.15) is 5.26 Å². The first kappa shape index (κ1) is 13.9. The molecule has 1 unspecified atom stereocenters. The van der Waals surface area contributed by atoms with Crippen molar-refractivity contribution in [1.29, 1.82) is 5.26 Å². The number of halogens is 2. The lowest BCUT2D eigenvalue weighted by atomic mass is 10.1. The van der Waals surface area contributed by atoms with E-state index in [1.165, 1.54) is 18.2 Å². The van der Waals surface area contributed by atoms with E-state index in [4.69, 9.17) is 16.9 Å². The molecule has 1 aromatic carbocycles. The van der Waals surface area contributed by atoms with Crippen molar-refractivity contribution in [3.63, 3.8) is 0 Å². The number of likely N-dealkylation sites (N-methyl/N-ethyl adjacent to an activating group) is 1. The molecule has 0 spiro atoms. The molecule has 0 saturated heterocycles. The smallest absolute Gasteiger partial charge is 0.124 e. The maximum absolute atomic E-state index is 12.9. The second kappa shape index (κ2) is 6.55. The molecule has 1 N–H and O–H groups in total. The first-order valence-electron chi connectivity index (χ1n) is 5.27. The topological polar surface area (TPSA) is 39.1 Å². The normalized spacial score (nSPS) is 12.5. The zero-order valence-corrected chi connectivity index (χ0v) is 10.6. The van der Waals surface area contributed by atoms with Gasteiger partial charge in [-0.1, -0.05) is 17.7 Å². The Bertz CT molecular complexity index is 415. The van der Waals surface area contributed by atoms with Crippen molar-refractivity contribution >= 4 is 11.6 Å². The highest BCUT2D eigenvalue weighted by Crippen LogP contribution is 2.23. The minimum Gasteiger partial charge on any atom is -0.308 e. The van der Waals surface area contributed by atoms with Crippen LogP contribution in [0, 0.1) is 17.1 Å². The molecule has 5 heteroatoms. The fourth-order valence-corrected chi connectivity index (χ4v) is 1.67. The van der Waals surface area contributed by atoms with Gasteiger partial charge < -0.3 is 4.90 Å². The SMILES string of the molecule is CN(C)CCNC(C#N)c1ccc(F)cc1Cl. The molecule has 0 radical (unpaired) electrons. The number of nitrogens with one attached hydrogen (secondary N) is 1. The molecule has 1 rings (SSSR count). The van der Waals surface area contributed by atoms with Crippen LogP contribution in [0.2, 0.25) is 5.02 Å². The highest BCUT2D eigenvalue weighted by atomic mass is 35.5. The van der Waals surface area contributed by atoms with Gasteiger partial charge in [0.2, 0.25) is 0 Å². The minimum atomic E-state index is -0.511. The quantitative estimate of drug-likeness (QED) is 0.877. The van der Waals surface area contributed by atoms with E-state index >= 15 is 0 Å². The minimum absolute atomic E-state index is 0.272. The number of nitriles is 1. The lowest BCUT2D eigenvalue weighted by Gasteiger charge is -2.15. The van der Waals surface area contributed by atoms with Gasteiger partial charge in [0.25, 0.3) is 0 Å². The van der Waals surface area contributed by atoms with Crippen LogP contribution in [0.5, 0.6) is 0 Å². The summed E-state index contributed by atoms with van der Waals surface area (Å²) in [7, 11) is 3.90. The van der Waals surface area contributed by atoms with Gasteiger partial charge in [0.05, 0.1) is 6.07 Å². The summed E-state index contributed by atoms with van der Waals surface area (Å²) in [5.41, 5.74) is 0.606. The lowest BCUT2D eigenvalue weighted by Crippen LogP contribution is -2.29. The van der Waals surface area contributed by atoms with E-state index in [0.29, 0.717) is 12.1 Å². The van der Waals surface area contributed by atoms with E-state index in [9.17, 15) is 4.39 Å². The van der Waals surface area contributed by atoms with Gasteiger partial charge in [-0.15, -0.1) is 0 Å². The summed E-state index contributed by atoms with van der Waals surface area (Å²) in [6.45, 7) is 1.48. The molecule has 0 fully saturated rings. The van der Waals surface area contributed by atoms with Crippen LogP contribution >= 0.6 is 11.6 Å². The largest absolute Gasteiger partial charge is 0.308 e. The Morgan fingerprint density at radius 2 is 2.24 bits per heavy atom. The molecule has 0 aliphatic carbocycles. The van der Waals surface area contributed by atoms with Gasteiger partial charge in [-0.3, -0.25) is 5.32 Å². The van der Waals surface area contributed by atoms with Crippen LogP contribution in [-0.4, -0.2) is 32.1 Å². The Labute approximate surface area is 106 Å². The number of hydrogen-bond donors (Lipinski definition) is 1. The summed E-state index contributed by atoms with van der Waals surface area (Å²) < 4.78 is 12.9. The van der Waals surface area contributed by atoms with Crippen molar-refractivity contribution in [3.05, 3.63) is 34.6 Å². The van der Waals surface area contributed by atoms with Crippen molar-refractivity contribution in [3.8, 4) is 6.07 Å². The number of nitrogens with zero attached hydrogens (tertiary/aromatic N) is 2. The maximum atomic E-state index is 12.9. The van der Waals surface area contributed by atoms with Gasteiger partial charge in [-0.05, 0) is 26.2 Å². The van der Waals surface area contributed by atoms with Crippen molar-refractivity contribution in [2.75, 3.05) is 27.2 Å². The molecular formula is C12H15ClFN3. The van der Waals surface area contributed by atoms with Crippen LogP contribution < -0.4 is 5.32 Å². The van der Waals surface area contributed by atoms with E-state index in [1.807, 2.05) is 19.0 Å². The van der Waals surface area contributed by atoms with Crippen molar-refractivity contribution in [2.24, 2.45) is 0 Å². The first-order chi connectivity index (χ1) is 8.04. The molecule has 17 heavy (non-hydrogen) atoms. The average molecular weight is 256 g/mol. The molecule has 3 nitrogen and oxygen atoms in total. The standard InChI is InChI=1S/C12H15ClFN3/c1-17(2)6-5-16-12(8-15)10-4-3-9(14)7-11(10)13/h3-4,7,12,16H,5-6H2,1-2H3. The highest BCUT2D eigenvalue weighted by Gasteiger charge is 2.13. The Morgan fingerprint density at radius 3 is 2.76 bits per heavy atom. The molecule has 0 aliphatic rings. The molecule has 0 aliphatic heterocycles. The summed E-state index contributed by atoms with van der Waals surface area (Å²) in [6, 6.07) is 5.66. The third kappa shape index (κ3) is 4.31. The molecule has 0 amide bonds. The summed E-state index contributed by atoms with van der Waals surface area (Å²) in [5, 5.41) is 12.4. The molecule has 0 saturated carbocycles. The Balaban J connectivity index is 2.70. The van der Waals surface area contributed by atoms with Crippen LogP contribution in [0.15, 0.2) is 18.2 Å². The van der Waals surface area contributed by atoms with Crippen LogP contribution in [-0.2, 0) is 0 Å². The van der Waals surface area contributed by atoms with Crippen LogP contribution in [0.1, 0.15) is 11.6 Å². The predicted octanol–water partition coefficient (Wildman–Crippen LogP) is 2.19. The van der Waals surface area contributed by atoms with Crippen molar-refractivity contribution in [1.82, 2.24) is 10.2 Å². The van der Waals surface area contributed by atoms with Gasteiger partial charge in [-0.25, -0.2) is 4.39 Å². The van der Waals surface area contributed by atoms with Gasteiger partial charge >= 0.3 is 0 Å². The zero-order chi connectivity index (χ0) is 12.8. The molecule has 0 heterocycles. The molecule has 92 valence electrons. The summed E-state index contributed by atoms with van der Waals surface area (Å²) in [5.74, 6) is -0.399. The fourth-order valence-electron chi connectivity index (χ4n) is 1.39. The second-order valence-electron chi connectivity index (χ2n) is 3.99. The van der Waals surface area contributed by atoms with Crippen LogP contribution in [0.25, 0.3) is 0 Å². The van der Waals surface area contributed by atoms with E-state index < -0.39 is 11.9 Å². The fraction of sp³-hybridized carbons (Fsp3) is 0.417. The molecule has 1 atom stereocenters. The molecule has 1 aromatic rings. The lowest BCUT2D eigenvalue weighted by molar-refractivity contribution is 0.395. The van der Waals surface area contributed by atoms with Crippen molar-refractivity contribution < 1.29 is 4.39 Å². The number of hydrogen-bond acceptors (Lipinski definition) is 3. The first-order valence-corrected chi connectivity index (χ1v) is 5.65. The zero-order valence-electron chi connectivity index (χ0n) is 9.87. The van der Waals surface area contributed by atoms with Gasteiger partial charge in [0, 0.05) is 23.7 Å². The van der Waals surface area contributed by atoms with Gasteiger partial charge in [0.15, 0.2) is 0 Å². The van der Waals surface area contributed by atoms with E-state index in [2.05, 4.69) is 11.4 Å². The Morgan fingerprint density at radius 1 is 1.53 bits per heavy atom. The van der Waals surface area contributed by atoms with Crippen molar-refractivity contribution in [2.45, 2.75) is 6.04 Å². The average Bonchev–Trinajstić information content (AvgIpc) is 2.25. The molecular weight excluding hydrogens is 241 g/mol. The monoisotopic (exact) mass is 255 g/mol. The second-order valence-corrected chi connectivity index (χ2v) is 4.39. The maximum Gasteiger partial charge on any atom is 0.124 e. The summed E-state index contributed by atoms with van der Waals surface area (Å²) >= 11 is 5.90. The van der Waals surface area contributed by atoms with Crippen LogP contribution in [0.3, 0.4) is 0 Å². The Hall–Kier alpha value is -1.15. The number of benzene rings is 1. The highest BCUT2D eigenvalue weighted by molar-refractivity contribution is 6.31. The summed E-state index contributed by atoms with van der Waals surface area (Å²) in [4.78, 5) is 2.01. The molecule has 0 aromatic heterocycles. The number of rotatable bonds is 5. The van der Waals surface area contributed by atoms with E-state index in [0.717, 1.165) is 6.54 Å². The Kier molecular flexibility index (Phi) is 5.36. The van der Waals surface area contributed by atoms with E-state index in [-0.39, 0.29) is 5.02 Å². The van der Waals surface area contributed by atoms with E-state index in [1.54, 1.807) is 0 Å². The van der Waals surface area contributed by atoms with Gasteiger partial charge in [0.1, 0.15) is 11.9 Å². The third-order valence-corrected chi connectivity index (χ3v) is 2.64.